The smallest absolute Gasteiger partial charge is 0.253 e. The molecule has 2 N–H and O–H groups in total. The van der Waals surface area contributed by atoms with Gasteiger partial charge in [-0.05, 0) is 36.6 Å². The van der Waals surface area contributed by atoms with Crippen molar-refractivity contribution in [2.75, 3.05) is 10.6 Å². The molecular formula is C20H18Cl2N6O2. The molecule has 30 heavy (non-hydrogen) atoms. The van der Waals surface area contributed by atoms with Crippen molar-refractivity contribution in [3.8, 4) is 0 Å². The second-order valence-electron chi connectivity index (χ2n) is 7.32. The molecule has 1 aromatic carbocycles. The summed E-state index contributed by atoms with van der Waals surface area (Å²) in [5, 5.41) is 11.7. The first-order valence-electron chi connectivity index (χ1n) is 9.20. The Morgan fingerprint density at radius 3 is 2.17 bits per heavy atom. The molecule has 154 valence electrons. The van der Waals surface area contributed by atoms with E-state index in [1.807, 2.05) is 20.0 Å². The van der Waals surface area contributed by atoms with E-state index in [2.05, 4.69) is 39.5 Å². The van der Waals surface area contributed by atoms with Gasteiger partial charge in [-0.15, -0.1) is 0 Å². The Morgan fingerprint density at radius 1 is 0.967 bits per heavy atom. The van der Waals surface area contributed by atoms with Crippen LogP contribution in [0.3, 0.4) is 0 Å². The van der Waals surface area contributed by atoms with Gasteiger partial charge >= 0.3 is 0 Å². The third-order valence-electron chi connectivity index (χ3n) is 4.82. The van der Waals surface area contributed by atoms with Gasteiger partial charge in [0.15, 0.2) is 5.65 Å². The summed E-state index contributed by atoms with van der Waals surface area (Å²) in [6, 6.07) is 4.89. The number of hydrogen-bond donors (Lipinski definition) is 2. The average molecular weight is 445 g/mol. The molecule has 8 nitrogen and oxygen atoms in total. The van der Waals surface area contributed by atoms with Crippen LogP contribution in [0.4, 0.5) is 22.9 Å². The molecule has 0 saturated carbocycles. The van der Waals surface area contributed by atoms with Crippen molar-refractivity contribution in [1.29, 1.82) is 0 Å². The third kappa shape index (κ3) is 3.42. The van der Waals surface area contributed by atoms with Crippen LogP contribution in [0.25, 0.3) is 11.0 Å². The number of pyridine rings is 2. The number of rotatable bonds is 5. The lowest BCUT2D eigenvalue weighted by Gasteiger charge is -2.16. The van der Waals surface area contributed by atoms with Crippen molar-refractivity contribution in [3.05, 3.63) is 60.2 Å². The highest BCUT2D eigenvalue weighted by Crippen LogP contribution is 2.31. The first-order valence-corrected chi connectivity index (χ1v) is 9.96. The zero-order valence-electron chi connectivity index (χ0n) is 16.7. The molecule has 0 atom stereocenters. The Balaban J connectivity index is 1.75. The molecule has 0 radical (unpaired) electrons. The fraction of sp³-hybridized carbons (Fsp3) is 0.250. The summed E-state index contributed by atoms with van der Waals surface area (Å²) in [6.07, 6.45) is 0. The van der Waals surface area contributed by atoms with Gasteiger partial charge in [0, 0.05) is 18.1 Å². The van der Waals surface area contributed by atoms with E-state index in [1.165, 1.54) is 12.1 Å². The van der Waals surface area contributed by atoms with E-state index in [0.29, 0.717) is 17.2 Å². The lowest BCUT2D eigenvalue weighted by atomic mass is 9.99. The number of aryl methyl sites for hydroxylation is 2. The molecule has 0 bridgehead atoms. The molecule has 0 unspecified atom stereocenters. The summed E-state index contributed by atoms with van der Waals surface area (Å²) in [4.78, 5) is 32.9. The predicted molar refractivity (Wildman–Crippen MR) is 120 cm³/mol. The molecule has 0 aliphatic heterocycles. The highest BCUT2D eigenvalue weighted by molar-refractivity contribution is 6.32. The molecule has 0 spiro atoms. The molecule has 3 heterocycles. The number of anilines is 4. The van der Waals surface area contributed by atoms with Gasteiger partial charge in [-0.25, -0.2) is 9.97 Å². The largest absolute Gasteiger partial charge is 0.350 e. The molecule has 4 aromatic rings. The fourth-order valence-electron chi connectivity index (χ4n) is 3.44. The van der Waals surface area contributed by atoms with Crippen LogP contribution in [0.5, 0.6) is 0 Å². The minimum Gasteiger partial charge on any atom is -0.350 e. The SMILES string of the molecule is Cc1nn(C)c2nc(Nc3c(Nc4cc(Cl)nc(Cl)c4)c(=O)c3=O)cc(C(C)C)c12. The van der Waals surface area contributed by atoms with E-state index in [9.17, 15) is 9.59 Å². The summed E-state index contributed by atoms with van der Waals surface area (Å²) in [5.74, 6) is 0.667. The second kappa shape index (κ2) is 7.37. The van der Waals surface area contributed by atoms with Gasteiger partial charge in [-0.1, -0.05) is 37.0 Å². The predicted octanol–water partition coefficient (Wildman–Crippen LogP) is 4.19. The minimum atomic E-state index is -0.636. The zero-order valence-corrected chi connectivity index (χ0v) is 18.2. The van der Waals surface area contributed by atoms with Crippen LogP contribution in [0.1, 0.15) is 31.0 Å². The molecule has 0 fully saturated rings. The van der Waals surface area contributed by atoms with Crippen LogP contribution in [0.2, 0.25) is 10.3 Å². The number of nitrogens with one attached hydrogen (secondary N) is 2. The van der Waals surface area contributed by atoms with E-state index in [1.54, 1.807) is 4.68 Å². The Morgan fingerprint density at radius 2 is 1.57 bits per heavy atom. The lowest BCUT2D eigenvalue weighted by molar-refractivity contribution is 0.774. The molecule has 3 aromatic heterocycles. The summed E-state index contributed by atoms with van der Waals surface area (Å²) < 4.78 is 1.70. The van der Waals surface area contributed by atoms with E-state index in [0.717, 1.165) is 16.6 Å². The Labute approximate surface area is 181 Å². The summed E-state index contributed by atoms with van der Waals surface area (Å²) in [6.45, 7) is 6.09. The molecular weight excluding hydrogens is 427 g/mol. The quantitative estimate of drug-likeness (QED) is 0.351. The second-order valence-corrected chi connectivity index (χ2v) is 8.09. The highest BCUT2D eigenvalue weighted by Gasteiger charge is 2.23. The number of hydrogen-bond acceptors (Lipinski definition) is 7. The maximum atomic E-state index is 12.2. The molecule has 0 amide bonds. The number of halogens is 2. The average Bonchev–Trinajstić information content (AvgIpc) is 2.96. The van der Waals surface area contributed by atoms with Crippen LogP contribution in [-0.4, -0.2) is 19.7 Å². The van der Waals surface area contributed by atoms with Crippen LogP contribution in [0.15, 0.2) is 27.8 Å². The van der Waals surface area contributed by atoms with Crippen molar-refractivity contribution in [1.82, 2.24) is 19.7 Å². The minimum absolute atomic E-state index is 0.118. The standard InChI is InChI=1S/C20H18Cl2N6O2/c1-8(2)11-7-14(26-20-15(11)9(3)27-28(20)4)25-17-16(18(29)19(17)30)23-10-5-12(21)24-13(22)6-10/h5-8H,1-4H3,(H,23,24)(H,25,26). The van der Waals surface area contributed by atoms with Gasteiger partial charge in [0.25, 0.3) is 10.9 Å². The van der Waals surface area contributed by atoms with Crippen molar-refractivity contribution in [3.63, 3.8) is 0 Å². The first kappa shape index (κ1) is 20.3. The normalized spacial score (nSPS) is 11.6. The molecule has 0 aliphatic rings. The van der Waals surface area contributed by atoms with Gasteiger partial charge in [0.2, 0.25) is 0 Å². The van der Waals surface area contributed by atoms with Crippen molar-refractivity contribution in [2.45, 2.75) is 26.7 Å². The van der Waals surface area contributed by atoms with Gasteiger partial charge in [0.1, 0.15) is 27.5 Å². The van der Waals surface area contributed by atoms with E-state index < -0.39 is 10.9 Å². The van der Waals surface area contributed by atoms with E-state index in [4.69, 9.17) is 23.2 Å². The van der Waals surface area contributed by atoms with Gasteiger partial charge in [-0.2, -0.15) is 5.10 Å². The number of fused-ring (bicyclic) bond motifs is 1. The Hall–Kier alpha value is -2.97. The summed E-state index contributed by atoms with van der Waals surface area (Å²) >= 11 is 11.8. The van der Waals surface area contributed by atoms with Gasteiger partial charge in [-0.3, -0.25) is 14.3 Å². The van der Waals surface area contributed by atoms with Gasteiger partial charge in [0.05, 0.1) is 5.69 Å². The van der Waals surface area contributed by atoms with Crippen LogP contribution < -0.4 is 21.5 Å². The van der Waals surface area contributed by atoms with Crippen molar-refractivity contribution in [2.24, 2.45) is 7.05 Å². The molecule has 0 saturated heterocycles. The molecule has 4 rings (SSSR count). The van der Waals surface area contributed by atoms with E-state index in [-0.39, 0.29) is 27.6 Å². The summed E-state index contributed by atoms with van der Waals surface area (Å²) in [7, 11) is 1.82. The Kier molecular flexibility index (Phi) is 4.99. The first-order chi connectivity index (χ1) is 14.2. The molecule has 10 heteroatoms. The fourth-order valence-corrected chi connectivity index (χ4v) is 3.90. The Bertz CT molecular complexity index is 1350. The van der Waals surface area contributed by atoms with Crippen LogP contribution in [-0.2, 0) is 7.05 Å². The molecule has 0 aliphatic carbocycles. The maximum Gasteiger partial charge on any atom is 0.253 e. The van der Waals surface area contributed by atoms with Crippen LogP contribution in [0, 0.1) is 6.92 Å². The van der Waals surface area contributed by atoms with Crippen molar-refractivity contribution >= 4 is 57.1 Å². The van der Waals surface area contributed by atoms with E-state index >= 15 is 0 Å². The maximum absolute atomic E-state index is 12.2. The highest BCUT2D eigenvalue weighted by atomic mass is 35.5. The van der Waals surface area contributed by atoms with Crippen molar-refractivity contribution < 1.29 is 0 Å². The summed E-state index contributed by atoms with van der Waals surface area (Å²) in [5.41, 5.74) is 2.07. The van der Waals surface area contributed by atoms with Crippen LogP contribution >= 0.6 is 23.2 Å². The lowest BCUT2D eigenvalue weighted by Crippen LogP contribution is -2.36. The topological polar surface area (TPSA) is 102 Å². The third-order valence-corrected chi connectivity index (χ3v) is 5.20. The zero-order chi connectivity index (χ0) is 21.7. The van der Waals surface area contributed by atoms with Gasteiger partial charge < -0.3 is 10.6 Å². The monoisotopic (exact) mass is 444 g/mol. The number of aromatic nitrogens is 4. The number of nitrogens with zero attached hydrogens (tertiary/aromatic N) is 4.